The first-order chi connectivity index (χ1) is 11.2. The van der Waals surface area contributed by atoms with Crippen molar-refractivity contribution < 1.29 is 45.1 Å². The van der Waals surface area contributed by atoms with Crippen LogP contribution in [-0.2, 0) is 6.11 Å². The first kappa shape index (κ1) is 17.9. The molecule has 0 saturated heterocycles. The molecule has 128 valence electrons. The molecule has 0 aliphatic rings. The lowest BCUT2D eigenvalue weighted by atomic mass is 10.1. The van der Waals surface area contributed by atoms with E-state index in [1.807, 2.05) is 0 Å². The normalized spacial score (nSPS) is 11.3. The summed E-state index contributed by atoms with van der Waals surface area (Å²) >= 11 is 0. The maximum Gasteiger partial charge on any atom is 0.504 e. The van der Waals surface area contributed by atoms with Gasteiger partial charge in [0.15, 0.2) is 29.1 Å². The highest BCUT2D eigenvalue weighted by Gasteiger charge is 2.40. The van der Waals surface area contributed by atoms with Gasteiger partial charge in [0.1, 0.15) is 17.1 Å². The number of benzene rings is 2. The predicted molar refractivity (Wildman–Crippen MR) is 67.2 cm³/mol. The van der Waals surface area contributed by atoms with E-state index in [2.05, 4.69) is 9.39 Å². The third-order valence-electron chi connectivity index (χ3n) is 2.78. The number of ether oxygens (including phenoxy) is 1. The lowest BCUT2D eigenvalue weighted by Crippen LogP contribution is -2.24. The Morgan fingerprint density at radius 1 is 0.875 bits per heavy atom. The number of alkyl halides is 2. The summed E-state index contributed by atoms with van der Waals surface area (Å²) in [7, 11) is -1.03. The fraction of sp³-hybridized carbons (Fsp3) is 0.0769. The number of rotatable bonds is 5. The lowest BCUT2D eigenvalue weighted by molar-refractivity contribution is -0.188. The molecule has 2 aromatic rings. The zero-order valence-electron chi connectivity index (χ0n) is 11.4. The molecule has 0 saturated carbocycles. The molecule has 3 nitrogen and oxygen atoms in total. The van der Waals surface area contributed by atoms with E-state index in [9.17, 15) is 30.7 Å². The Kier molecular flexibility index (Phi) is 4.92. The average Bonchev–Trinajstić information content (AvgIpc) is 2.49. The molecule has 0 radical (unpaired) electrons. The minimum Gasteiger partial charge on any atom is -0.537 e. The second-order valence-electron chi connectivity index (χ2n) is 4.33. The van der Waals surface area contributed by atoms with E-state index in [0.29, 0.717) is 12.1 Å². The molecule has 0 amide bonds. The fourth-order valence-corrected chi connectivity index (χ4v) is 1.73. The van der Waals surface area contributed by atoms with E-state index < -0.39 is 59.9 Å². The molecule has 0 bridgehead atoms. The summed E-state index contributed by atoms with van der Waals surface area (Å²) in [6.07, 6.45) is -4.54. The van der Waals surface area contributed by atoms with Gasteiger partial charge in [0.2, 0.25) is 0 Å². The molecule has 0 aliphatic heterocycles. The van der Waals surface area contributed by atoms with Gasteiger partial charge in [-0.3, -0.25) is 0 Å². The van der Waals surface area contributed by atoms with Gasteiger partial charge in [-0.25, -0.2) is 17.6 Å². The van der Waals surface area contributed by atoms with Crippen LogP contribution in [0.2, 0.25) is 0 Å². The summed E-state index contributed by atoms with van der Waals surface area (Å²) in [6.45, 7) is 0. The molecule has 1 N–H and O–H groups in total. The number of hydrogen-bond donors (Lipinski definition) is 1. The fourth-order valence-electron chi connectivity index (χ4n) is 1.73. The summed E-state index contributed by atoms with van der Waals surface area (Å²) in [5.41, 5.74) is -1.60. The van der Waals surface area contributed by atoms with Crippen molar-refractivity contribution in [1.29, 1.82) is 0 Å². The highest BCUT2D eigenvalue weighted by molar-refractivity contribution is 6.17. The van der Waals surface area contributed by atoms with Crippen molar-refractivity contribution in [3.05, 3.63) is 58.9 Å². The molecular formula is C13H6BF7O3. The third kappa shape index (κ3) is 3.40. The number of halogens is 7. The molecule has 0 unspecified atom stereocenters. The zero-order chi connectivity index (χ0) is 18.1. The van der Waals surface area contributed by atoms with Crippen molar-refractivity contribution >= 4 is 7.69 Å². The van der Waals surface area contributed by atoms with Gasteiger partial charge >= 0.3 is 13.8 Å². The Hall–Kier alpha value is -2.43. The van der Waals surface area contributed by atoms with Gasteiger partial charge in [-0.05, 0) is 12.1 Å². The van der Waals surface area contributed by atoms with Crippen molar-refractivity contribution in [2.75, 3.05) is 0 Å². The minimum atomic E-state index is -4.54. The highest BCUT2D eigenvalue weighted by Crippen LogP contribution is 2.36. The maximum atomic E-state index is 13.9. The van der Waals surface area contributed by atoms with Crippen LogP contribution in [-0.4, -0.2) is 12.7 Å². The summed E-state index contributed by atoms with van der Waals surface area (Å²) in [4.78, 5) is 0. The summed E-state index contributed by atoms with van der Waals surface area (Å²) in [5.74, 6) is -11.4. The molecule has 24 heavy (non-hydrogen) atoms. The second-order valence-corrected chi connectivity index (χ2v) is 4.33. The van der Waals surface area contributed by atoms with Crippen molar-refractivity contribution in [3.8, 4) is 11.5 Å². The van der Waals surface area contributed by atoms with Crippen molar-refractivity contribution in [2.24, 2.45) is 0 Å². The van der Waals surface area contributed by atoms with Crippen molar-refractivity contribution in [3.63, 3.8) is 0 Å². The summed E-state index contributed by atoms with van der Waals surface area (Å²) < 4.78 is 102. The number of hydrogen-bond acceptors (Lipinski definition) is 3. The van der Waals surface area contributed by atoms with E-state index >= 15 is 0 Å². The maximum absolute atomic E-state index is 13.9. The quantitative estimate of drug-likeness (QED) is 0.510. The van der Waals surface area contributed by atoms with Crippen LogP contribution in [0.3, 0.4) is 0 Å². The molecule has 0 fully saturated rings. The van der Waals surface area contributed by atoms with Gasteiger partial charge in [-0.1, -0.05) is 0 Å². The molecule has 0 aromatic heterocycles. The summed E-state index contributed by atoms with van der Waals surface area (Å²) in [6, 6.07) is 1.21. The molecule has 0 aliphatic carbocycles. The molecule has 0 atom stereocenters. The molecule has 0 heterocycles. The Labute approximate surface area is 130 Å². The van der Waals surface area contributed by atoms with Gasteiger partial charge in [0, 0.05) is 12.1 Å². The minimum absolute atomic E-state index is 0.115. The summed E-state index contributed by atoms with van der Waals surface area (Å²) in [5, 5.41) is 8.45. The topological polar surface area (TPSA) is 38.7 Å². The van der Waals surface area contributed by atoms with Crippen LogP contribution in [0.25, 0.3) is 0 Å². The Morgan fingerprint density at radius 2 is 1.46 bits per heavy atom. The monoisotopic (exact) mass is 354 g/mol. The van der Waals surface area contributed by atoms with E-state index in [4.69, 9.17) is 5.02 Å². The van der Waals surface area contributed by atoms with Gasteiger partial charge in [0.25, 0.3) is 0 Å². The van der Waals surface area contributed by atoms with Gasteiger partial charge in [0.05, 0.1) is 0 Å². The van der Waals surface area contributed by atoms with Crippen LogP contribution >= 0.6 is 0 Å². The van der Waals surface area contributed by atoms with E-state index in [-0.39, 0.29) is 12.1 Å². The smallest absolute Gasteiger partial charge is 0.504 e. The van der Waals surface area contributed by atoms with Gasteiger partial charge < -0.3 is 14.4 Å². The van der Waals surface area contributed by atoms with E-state index in [1.165, 1.54) is 0 Å². The standard InChI is InChI=1S/C13H6BF7O3/c15-7-3-5(4-8(16)11(7)18)23-13(20,21)6-1-2-9(24-14-22)12(19)10(6)17/h1-4,14,22H. The average molecular weight is 354 g/mol. The SMILES string of the molecule is OBOc1ccc(C(F)(F)Oc2cc(F)c(F)c(F)c2)c(F)c1F. The first-order valence-electron chi connectivity index (χ1n) is 6.11. The van der Waals surface area contributed by atoms with Crippen LogP contribution in [0, 0.1) is 29.1 Å². The Balaban J connectivity index is 2.39. The zero-order valence-corrected chi connectivity index (χ0v) is 11.4. The van der Waals surface area contributed by atoms with Crippen LogP contribution in [0.1, 0.15) is 5.56 Å². The Bertz CT molecular complexity index is 746. The van der Waals surface area contributed by atoms with Crippen LogP contribution < -0.4 is 9.39 Å². The Morgan fingerprint density at radius 3 is 2.00 bits per heavy atom. The van der Waals surface area contributed by atoms with E-state index in [0.717, 1.165) is 0 Å². The van der Waals surface area contributed by atoms with Crippen LogP contribution in [0.5, 0.6) is 11.5 Å². The second kappa shape index (κ2) is 6.60. The predicted octanol–water partition coefficient (Wildman–Crippen LogP) is 3.15. The lowest BCUT2D eigenvalue weighted by Gasteiger charge is -2.19. The molecule has 0 spiro atoms. The molecule has 11 heteroatoms. The third-order valence-corrected chi connectivity index (χ3v) is 2.78. The largest absolute Gasteiger partial charge is 0.537 e. The molecular weight excluding hydrogens is 348 g/mol. The van der Waals surface area contributed by atoms with Crippen LogP contribution in [0.4, 0.5) is 30.7 Å². The molecule has 2 aromatic carbocycles. The first-order valence-corrected chi connectivity index (χ1v) is 6.11. The van der Waals surface area contributed by atoms with Crippen molar-refractivity contribution in [2.45, 2.75) is 6.11 Å². The highest BCUT2D eigenvalue weighted by atomic mass is 19.3. The van der Waals surface area contributed by atoms with Crippen molar-refractivity contribution in [1.82, 2.24) is 0 Å². The van der Waals surface area contributed by atoms with Crippen LogP contribution in [0.15, 0.2) is 24.3 Å². The van der Waals surface area contributed by atoms with E-state index in [1.54, 1.807) is 0 Å². The van der Waals surface area contributed by atoms with Gasteiger partial charge in [-0.15, -0.1) is 0 Å². The van der Waals surface area contributed by atoms with Gasteiger partial charge in [-0.2, -0.15) is 13.2 Å². The molecule has 2 rings (SSSR count).